The summed E-state index contributed by atoms with van der Waals surface area (Å²) in [6.45, 7) is 6.18. The number of carboxylic acids is 1. The van der Waals surface area contributed by atoms with Crippen molar-refractivity contribution >= 4 is 11.9 Å². The van der Waals surface area contributed by atoms with Gasteiger partial charge in [-0.3, -0.25) is 4.79 Å². The van der Waals surface area contributed by atoms with Crippen LogP contribution in [0, 0.1) is 5.92 Å². The van der Waals surface area contributed by atoms with Crippen LogP contribution in [0.5, 0.6) is 0 Å². The van der Waals surface area contributed by atoms with Crippen LogP contribution in [0.15, 0.2) is 0 Å². The maximum atomic E-state index is 11.8. The van der Waals surface area contributed by atoms with Crippen molar-refractivity contribution in [2.75, 3.05) is 0 Å². The molecule has 0 bridgehead atoms. The van der Waals surface area contributed by atoms with Crippen LogP contribution < -0.4 is 34.9 Å². The Hall–Kier alpha value is -0.0600. The minimum absolute atomic E-state index is 0. The molecule has 4 nitrogen and oxygen atoms in total. The van der Waals surface area contributed by atoms with Crippen molar-refractivity contribution in [1.29, 1.82) is 0 Å². The Balaban J connectivity index is -0.00000288. The molecule has 0 aromatic rings. The fourth-order valence-corrected chi connectivity index (χ4v) is 3.09. The Morgan fingerprint density at radius 1 is 0.846 bits per heavy atom. The first-order chi connectivity index (χ1) is 12.0. The molecule has 0 rings (SSSR count). The third-order valence-electron chi connectivity index (χ3n) is 4.60. The van der Waals surface area contributed by atoms with Crippen LogP contribution in [0.4, 0.5) is 0 Å². The predicted octanol–water partition coefficient (Wildman–Crippen LogP) is 2.81. The molecule has 0 saturated carbocycles. The maximum absolute atomic E-state index is 11.8. The Kier molecular flexibility index (Phi) is 21.3. The zero-order valence-corrected chi connectivity index (χ0v) is 19.8. The molecule has 1 amide bonds. The molecule has 0 heterocycles. The standard InChI is InChI=1S/C21H41NO3.Na.H/c1-4-5-6-7-8-9-10-11-12-13-14-15-16-20(23)22-19(21(24)25)17-18(2)3;;/h18-19H,4-17H2,1-3H3,(H,22,23)(H,24,25);;/q;+1;-1/t19-;;/m0../s1. The van der Waals surface area contributed by atoms with Crippen molar-refractivity contribution in [1.82, 2.24) is 5.32 Å². The fourth-order valence-electron chi connectivity index (χ4n) is 3.09. The Morgan fingerprint density at radius 3 is 1.65 bits per heavy atom. The van der Waals surface area contributed by atoms with Gasteiger partial charge in [0.1, 0.15) is 6.04 Å². The number of nitrogens with one attached hydrogen (secondary N) is 1. The molecule has 0 unspecified atom stereocenters. The van der Waals surface area contributed by atoms with Crippen LogP contribution >= 0.6 is 0 Å². The first-order valence-corrected chi connectivity index (χ1v) is 10.5. The topological polar surface area (TPSA) is 66.4 Å². The van der Waals surface area contributed by atoms with E-state index in [1.807, 2.05) is 13.8 Å². The normalized spacial score (nSPS) is 11.8. The summed E-state index contributed by atoms with van der Waals surface area (Å²) in [5.74, 6) is -0.801. The molecular formula is C21H42NNaO3. The molecule has 0 spiro atoms. The van der Waals surface area contributed by atoms with E-state index >= 15 is 0 Å². The maximum Gasteiger partial charge on any atom is 1.00 e. The summed E-state index contributed by atoms with van der Waals surface area (Å²) in [6.07, 6.45) is 16.1. The number of rotatable bonds is 17. The number of unbranched alkanes of at least 4 members (excludes halogenated alkanes) is 11. The minimum atomic E-state index is -0.934. The van der Waals surface area contributed by atoms with Gasteiger partial charge in [0, 0.05) is 6.42 Å². The van der Waals surface area contributed by atoms with Crippen LogP contribution in [0.2, 0.25) is 0 Å². The molecule has 1 atom stereocenters. The second-order valence-corrected chi connectivity index (χ2v) is 7.73. The van der Waals surface area contributed by atoms with Gasteiger partial charge in [0.15, 0.2) is 0 Å². The zero-order valence-electron chi connectivity index (χ0n) is 18.8. The molecule has 0 saturated heterocycles. The van der Waals surface area contributed by atoms with E-state index in [9.17, 15) is 9.59 Å². The summed E-state index contributed by atoms with van der Waals surface area (Å²) < 4.78 is 0. The second-order valence-electron chi connectivity index (χ2n) is 7.73. The smallest absolute Gasteiger partial charge is 1.00 e. The third kappa shape index (κ3) is 18.7. The number of amides is 1. The van der Waals surface area contributed by atoms with E-state index in [-0.39, 0.29) is 42.8 Å². The van der Waals surface area contributed by atoms with E-state index < -0.39 is 12.0 Å². The molecule has 0 aromatic carbocycles. The van der Waals surface area contributed by atoms with Crippen molar-refractivity contribution in [3.8, 4) is 0 Å². The van der Waals surface area contributed by atoms with E-state index in [0.29, 0.717) is 12.8 Å². The van der Waals surface area contributed by atoms with Gasteiger partial charge in [-0.15, -0.1) is 0 Å². The molecule has 0 radical (unpaired) electrons. The molecule has 0 aliphatic carbocycles. The van der Waals surface area contributed by atoms with Crippen molar-refractivity contribution in [3.05, 3.63) is 0 Å². The summed E-state index contributed by atoms with van der Waals surface area (Å²) in [4.78, 5) is 23.0. The first-order valence-electron chi connectivity index (χ1n) is 10.5. The molecule has 0 aromatic heterocycles. The molecule has 2 N–H and O–H groups in total. The largest absolute Gasteiger partial charge is 1.00 e. The molecule has 26 heavy (non-hydrogen) atoms. The monoisotopic (exact) mass is 379 g/mol. The average Bonchev–Trinajstić information content (AvgIpc) is 2.54. The summed E-state index contributed by atoms with van der Waals surface area (Å²) in [7, 11) is 0. The van der Waals surface area contributed by atoms with Gasteiger partial charge in [-0.05, 0) is 18.8 Å². The minimum Gasteiger partial charge on any atom is -1.00 e. The van der Waals surface area contributed by atoms with E-state index in [1.165, 1.54) is 64.2 Å². The van der Waals surface area contributed by atoms with Gasteiger partial charge >= 0.3 is 35.5 Å². The SMILES string of the molecule is CCCCCCCCCCCCCCC(=O)N[C@@H](CC(C)C)C(=O)O.[H-].[Na+]. The van der Waals surface area contributed by atoms with E-state index in [2.05, 4.69) is 12.2 Å². The molecule has 0 fully saturated rings. The van der Waals surface area contributed by atoms with Crippen molar-refractivity contribution in [2.45, 2.75) is 117 Å². The Bertz CT molecular complexity index is 354. The zero-order chi connectivity index (χ0) is 18.9. The quantitative estimate of drug-likeness (QED) is 0.302. The van der Waals surface area contributed by atoms with E-state index in [4.69, 9.17) is 5.11 Å². The van der Waals surface area contributed by atoms with Crippen LogP contribution in [-0.4, -0.2) is 23.0 Å². The number of carbonyl (C=O) groups is 2. The van der Waals surface area contributed by atoms with Gasteiger partial charge in [-0.25, -0.2) is 4.79 Å². The Labute approximate surface area is 185 Å². The van der Waals surface area contributed by atoms with Crippen LogP contribution in [0.25, 0.3) is 0 Å². The Morgan fingerprint density at radius 2 is 1.27 bits per heavy atom. The van der Waals surface area contributed by atoms with Gasteiger partial charge in [0.25, 0.3) is 0 Å². The second kappa shape index (κ2) is 19.7. The van der Waals surface area contributed by atoms with Gasteiger partial charge in [-0.1, -0.05) is 91.4 Å². The van der Waals surface area contributed by atoms with Gasteiger partial charge < -0.3 is 11.8 Å². The first kappa shape index (κ1) is 28.2. The summed E-state index contributed by atoms with van der Waals surface area (Å²) in [5.41, 5.74) is 0. The van der Waals surface area contributed by atoms with Crippen molar-refractivity contribution in [2.24, 2.45) is 5.92 Å². The number of carbonyl (C=O) groups excluding carboxylic acids is 1. The number of aliphatic carboxylic acids is 1. The van der Waals surface area contributed by atoms with Crippen LogP contribution in [0.3, 0.4) is 0 Å². The van der Waals surface area contributed by atoms with Crippen molar-refractivity contribution in [3.63, 3.8) is 0 Å². The third-order valence-corrected chi connectivity index (χ3v) is 4.60. The molecule has 0 aliphatic heterocycles. The van der Waals surface area contributed by atoms with Gasteiger partial charge in [0.05, 0.1) is 0 Å². The van der Waals surface area contributed by atoms with Crippen LogP contribution in [-0.2, 0) is 9.59 Å². The van der Waals surface area contributed by atoms with Crippen molar-refractivity contribution < 1.29 is 45.7 Å². The van der Waals surface area contributed by atoms with Crippen LogP contribution in [0.1, 0.15) is 112 Å². The number of hydrogen-bond acceptors (Lipinski definition) is 2. The van der Waals surface area contributed by atoms with Gasteiger partial charge in [0.2, 0.25) is 5.91 Å². The fraction of sp³-hybridized carbons (Fsp3) is 0.905. The average molecular weight is 380 g/mol. The summed E-state index contributed by atoms with van der Waals surface area (Å²) in [6, 6.07) is -0.746. The van der Waals surface area contributed by atoms with Gasteiger partial charge in [-0.2, -0.15) is 0 Å². The summed E-state index contributed by atoms with van der Waals surface area (Å²) in [5, 5.41) is 11.8. The number of hydrogen-bond donors (Lipinski definition) is 2. The molecule has 5 heteroatoms. The van der Waals surface area contributed by atoms with E-state index in [0.717, 1.165) is 12.8 Å². The number of carboxylic acid groups (broad SMARTS) is 1. The summed E-state index contributed by atoms with van der Waals surface area (Å²) >= 11 is 0. The molecular weight excluding hydrogens is 337 g/mol. The predicted molar refractivity (Wildman–Crippen MR) is 106 cm³/mol. The van der Waals surface area contributed by atoms with E-state index in [1.54, 1.807) is 0 Å². The molecule has 150 valence electrons. The molecule has 0 aliphatic rings.